The molecule has 22 heavy (non-hydrogen) atoms. The summed E-state index contributed by atoms with van der Waals surface area (Å²) in [6.07, 6.45) is 6.73. The monoisotopic (exact) mass is 309 g/mol. The van der Waals surface area contributed by atoms with Gasteiger partial charge in [0.25, 0.3) is 0 Å². The zero-order chi connectivity index (χ0) is 16.4. The largest absolute Gasteiger partial charge is 0.504 e. The molecule has 1 aromatic rings. The molecular weight excluding hydrogens is 282 g/mol. The number of nitrogens with zero attached hydrogens (tertiary/aromatic N) is 1. The van der Waals surface area contributed by atoms with E-state index in [-0.39, 0.29) is 18.1 Å². The van der Waals surface area contributed by atoms with Crippen LogP contribution in [0.25, 0.3) is 0 Å². The molecule has 0 saturated carbocycles. The van der Waals surface area contributed by atoms with Crippen molar-refractivity contribution in [1.29, 1.82) is 0 Å². The summed E-state index contributed by atoms with van der Waals surface area (Å²) in [6, 6.07) is 4.73. The molecule has 0 fully saturated rings. The number of benzene rings is 1. The van der Waals surface area contributed by atoms with Crippen LogP contribution >= 0.6 is 0 Å². The van der Waals surface area contributed by atoms with Crippen LogP contribution in [-0.4, -0.2) is 34.9 Å². The molecule has 0 radical (unpaired) electrons. The molecule has 124 valence electrons. The minimum atomic E-state index is -0.346. The van der Waals surface area contributed by atoms with Crippen molar-refractivity contribution in [2.75, 3.05) is 13.7 Å². The van der Waals surface area contributed by atoms with Crippen LogP contribution in [0.15, 0.2) is 18.2 Å². The summed E-state index contributed by atoms with van der Waals surface area (Å²) in [4.78, 5) is 11.9. The molecule has 1 aromatic carbocycles. The maximum Gasteiger partial charge on any atom is 0.250 e. The highest BCUT2D eigenvalue weighted by atomic mass is 16.5. The predicted molar refractivity (Wildman–Crippen MR) is 85.2 cm³/mol. The van der Waals surface area contributed by atoms with Crippen molar-refractivity contribution in [3.05, 3.63) is 23.8 Å². The summed E-state index contributed by atoms with van der Waals surface area (Å²) in [5.41, 5.74) is 0.696. The first-order valence-electron chi connectivity index (χ1n) is 7.93. The van der Waals surface area contributed by atoms with E-state index < -0.39 is 0 Å². The highest BCUT2D eigenvalue weighted by Crippen LogP contribution is 2.26. The Bertz CT molecular complexity index is 462. The molecule has 1 amide bonds. The van der Waals surface area contributed by atoms with E-state index in [0.29, 0.717) is 17.9 Å². The van der Waals surface area contributed by atoms with Gasteiger partial charge in [-0.05, 0) is 24.1 Å². The topological polar surface area (TPSA) is 70.0 Å². The molecule has 5 heteroatoms. The van der Waals surface area contributed by atoms with Crippen molar-refractivity contribution in [2.24, 2.45) is 0 Å². The van der Waals surface area contributed by atoms with Crippen molar-refractivity contribution < 1.29 is 19.8 Å². The minimum absolute atomic E-state index is 0.0339. The molecule has 2 N–H and O–H groups in total. The molecule has 0 aliphatic heterocycles. The van der Waals surface area contributed by atoms with E-state index >= 15 is 0 Å². The number of carbonyl (C=O) groups excluding carboxylic acids is 1. The quantitative estimate of drug-likeness (QED) is 0.394. The number of rotatable bonds is 10. The fourth-order valence-electron chi connectivity index (χ4n) is 2.26. The summed E-state index contributed by atoms with van der Waals surface area (Å²) in [6.45, 7) is 2.53. The van der Waals surface area contributed by atoms with Crippen molar-refractivity contribution in [2.45, 2.75) is 51.9 Å². The third-order valence-corrected chi connectivity index (χ3v) is 3.61. The fraction of sp³-hybridized carbons (Fsp3) is 0.588. The average molecular weight is 309 g/mol. The van der Waals surface area contributed by atoms with Gasteiger partial charge >= 0.3 is 0 Å². The summed E-state index contributed by atoms with van der Waals surface area (Å²) in [5.74, 6) is 0.0126. The van der Waals surface area contributed by atoms with Crippen LogP contribution in [0, 0.1) is 0 Å². The SMILES string of the molecule is CCCCCCCCN(O)C(=O)Cc1ccc(O)c(OC)c1. The van der Waals surface area contributed by atoms with Crippen LogP contribution in [0.3, 0.4) is 0 Å². The maximum absolute atomic E-state index is 11.9. The first kappa shape index (κ1) is 18.3. The number of aromatic hydroxyl groups is 1. The second-order valence-corrected chi connectivity index (χ2v) is 5.47. The Balaban J connectivity index is 2.34. The number of hydrogen-bond acceptors (Lipinski definition) is 4. The van der Waals surface area contributed by atoms with Crippen LogP contribution < -0.4 is 4.74 Å². The van der Waals surface area contributed by atoms with Crippen molar-refractivity contribution >= 4 is 5.91 Å². The van der Waals surface area contributed by atoms with Crippen LogP contribution in [0.2, 0.25) is 0 Å². The highest BCUT2D eigenvalue weighted by Gasteiger charge is 2.12. The van der Waals surface area contributed by atoms with E-state index in [0.717, 1.165) is 24.3 Å². The van der Waals surface area contributed by atoms with Gasteiger partial charge in [-0.25, -0.2) is 5.06 Å². The number of carbonyl (C=O) groups is 1. The van der Waals surface area contributed by atoms with Crippen LogP contribution in [0.1, 0.15) is 51.0 Å². The molecule has 0 aromatic heterocycles. The minimum Gasteiger partial charge on any atom is -0.504 e. The number of methoxy groups -OCH3 is 1. The predicted octanol–water partition coefficient (Wildman–Crippen LogP) is 3.52. The summed E-state index contributed by atoms with van der Waals surface area (Å²) in [7, 11) is 1.46. The Hall–Kier alpha value is -1.75. The van der Waals surface area contributed by atoms with E-state index in [2.05, 4.69) is 6.92 Å². The van der Waals surface area contributed by atoms with E-state index in [1.807, 2.05) is 0 Å². The third-order valence-electron chi connectivity index (χ3n) is 3.61. The first-order valence-corrected chi connectivity index (χ1v) is 7.93. The Labute approximate surface area is 132 Å². The second kappa shape index (κ2) is 10.1. The van der Waals surface area contributed by atoms with Crippen LogP contribution in [-0.2, 0) is 11.2 Å². The number of amides is 1. The van der Waals surface area contributed by atoms with Crippen molar-refractivity contribution in [1.82, 2.24) is 5.06 Å². The van der Waals surface area contributed by atoms with E-state index in [9.17, 15) is 15.1 Å². The van der Waals surface area contributed by atoms with Crippen LogP contribution in [0.4, 0.5) is 0 Å². The first-order chi connectivity index (χ1) is 10.6. The van der Waals surface area contributed by atoms with Gasteiger partial charge in [-0.15, -0.1) is 0 Å². The zero-order valence-corrected chi connectivity index (χ0v) is 13.5. The number of unbranched alkanes of at least 4 members (excludes halogenated alkanes) is 5. The zero-order valence-electron chi connectivity index (χ0n) is 13.5. The average Bonchev–Trinajstić information content (AvgIpc) is 2.52. The lowest BCUT2D eigenvalue weighted by molar-refractivity contribution is -0.164. The molecule has 0 saturated heterocycles. The van der Waals surface area contributed by atoms with Gasteiger partial charge in [0.05, 0.1) is 13.5 Å². The van der Waals surface area contributed by atoms with E-state index in [1.54, 1.807) is 12.1 Å². The Morgan fingerprint density at radius 3 is 2.55 bits per heavy atom. The molecule has 0 atom stereocenters. The lowest BCUT2D eigenvalue weighted by Gasteiger charge is -2.15. The van der Waals surface area contributed by atoms with Gasteiger partial charge < -0.3 is 9.84 Å². The molecule has 0 heterocycles. The standard InChI is InChI=1S/C17H27NO4/c1-3-4-5-6-7-8-11-18(21)17(20)13-14-9-10-15(19)16(12-14)22-2/h9-10,12,19,21H,3-8,11,13H2,1-2H3. The smallest absolute Gasteiger partial charge is 0.250 e. The number of phenolic OH excluding ortho intramolecular Hbond substituents is 1. The van der Waals surface area contributed by atoms with Crippen molar-refractivity contribution in [3.63, 3.8) is 0 Å². The molecule has 0 bridgehead atoms. The Kier molecular flexibility index (Phi) is 8.36. The molecule has 0 spiro atoms. The lowest BCUT2D eigenvalue weighted by atomic mass is 10.1. The summed E-state index contributed by atoms with van der Waals surface area (Å²) < 4.78 is 5.00. The molecule has 0 unspecified atom stereocenters. The maximum atomic E-state index is 11.9. The second-order valence-electron chi connectivity index (χ2n) is 5.47. The van der Waals surface area contributed by atoms with Gasteiger partial charge in [0.1, 0.15) is 0 Å². The molecular formula is C17H27NO4. The summed E-state index contributed by atoms with van der Waals surface area (Å²) >= 11 is 0. The number of ether oxygens (including phenoxy) is 1. The summed E-state index contributed by atoms with van der Waals surface area (Å²) in [5, 5.41) is 20.1. The Morgan fingerprint density at radius 2 is 1.86 bits per heavy atom. The number of hydroxylamine groups is 2. The van der Waals surface area contributed by atoms with Gasteiger partial charge in [0.15, 0.2) is 11.5 Å². The van der Waals surface area contributed by atoms with Gasteiger partial charge in [0, 0.05) is 6.54 Å². The lowest BCUT2D eigenvalue weighted by Crippen LogP contribution is -2.29. The molecule has 1 rings (SSSR count). The van der Waals surface area contributed by atoms with E-state index in [4.69, 9.17) is 4.74 Å². The van der Waals surface area contributed by atoms with Gasteiger partial charge in [-0.1, -0.05) is 45.1 Å². The van der Waals surface area contributed by atoms with Gasteiger partial charge in [0.2, 0.25) is 5.91 Å². The van der Waals surface area contributed by atoms with Crippen LogP contribution in [0.5, 0.6) is 11.5 Å². The molecule has 0 aliphatic carbocycles. The Morgan fingerprint density at radius 1 is 1.18 bits per heavy atom. The molecule has 0 aliphatic rings. The van der Waals surface area contributed by atoms with E-state index in [1.165, 1.54) is 32.4 Å². The highest BCUT2D eigenvalue weighted by molar-refractivity contribution is 5.77. The number of hydrogen-bond donors (Lipinski definition) is 2. The number of phenols is 1. The fourth-order valence-corrected chi connectivity index (χ4v) is 2.26. The van der Waals surface area contributed by atoms with Gasteiger partial charge in [-0.2, -0.15) is 0 Å². The third kappa shape index (κ3) is 6.35. The van der Waals surface area contributed by atoms with Crippen molar-refractivity contribution in [3.8, 4) is 11.5 Å². The van der Waals surface area contributed by atoms with Gasteiger partial charge in [-0.3, -0.25) is 10.0 Å². The molecule has 5 nitrogen and oxygen atoms in total. The normalized spacial score (nSPS) is 10.5.